The fourth-order valence-electron chi connectivity index (χ4n) is 2.12. The molecule has 4 nitrogen and oxygen atoms in total. The average molecular weight is 285 g/mol. The number of alkyl halides is 3. The van der Waals surface area contributed by atoms with E-state index in [4.69, 9.17) is 0 Å². The van der Waals surface area contributed by atoms with Gasteiger partial charge in [0.2, 0.25) is 0 Å². The molecule has 0 aliphatic heterocycles. The van der Waals surface area contributed by atoms with E-state index >= 15 is 0 Å². The maximum Gasteiger partial charge on any atom is 0.417 e. The van der Waals surface area contributed by atoms with Crippen molar-refractivity contribution < 1.29 is 22.9 Å². The Morgan fingerprint density at radius 2 is 1.90 bits per heavy atom. The van der Waals surface area contributed by atoms with Crippen molar-refractivity contribution in [1.82, 2.24) is 0 Å². The van der Waals surface area contributed by atoms with E-state index in [9.17, 15) is 28.1 Å². The maximum absolute atomic E-state index is 13.0. The van der Waals surface area contributed by atoms with E-state index in [-0.39, 0.29) is 30.6 Å². The molecule has 0 radical (unpaired) electrons. The Morgan fingerprint density at radius 3 is 2.40 bits per heavy atom. The zero-order valence-electron chi connectivity index (χ0n) is 10.2. The number of rotatable bonds is 2. The van der Waals surface area contributed by atoms with Crippen LogP contribution in [0.2, 0.25) is 0 Å². The standard InChI is InChI=1S/C13H10F3NO3/c14-13(15,16)12-7-9(17(19)20)3-6-11(12)8-1-4-10(18)5-2-8/h1,3,6-7H,2,4-5H2. The quantitative estimate of drug-likeness (QED) is 0.614. The molecule has 1 aliphatic rings. The van der Waals surface area contributed by atoms with Gasteiger partial charge in [0, 0.05) is 25.0 Å². The fourth-order valence-corrected chi connectivity index (χ4v) is 2.12. The minimum atomic E-state index is -4.68. The van der Waals surface area contributed by atoms with E-state index in [0.717, 1.165) is 12.1 Å². The Kier molecular flexibility index (Phi) is 3.61. The van der Waals surface area contributed by atoms with Crippen LogP contribution in [0.4, 0.5) is 18.9 Å². The first-order valence-corrected chi connectivity index (χ1v) is 5.86. The van der Waals surface area contributed by atoms with Gasteiger partial charge in [-0.2, -0.15) is 13.2 Å². The maximum atomic E-state index is 13.0. The van der Waals surface area contributed by atoms with Crippen molar-refractivity contribution in [2.45, 2.75) is 25.4 Å². The second-order valence-electron chi connectivity index (χ2n) is 4.46. The lowest BCUT2D eigenvalue weighted by molar-refractivity contribution is -0.385. The molecular formula is C13H10F3NO3. The van der Waals surface area contributed by atoms with Gasteiger partial charge in [-0.3, -0.25) is 14.9 Å². The van der Waals surface area contributed by atoms with Gasteiger partial charge in [0.25, 0.3) is 5.69 Å². The highest BCUT2D eigenvalue weighted by atomic mass is 19.4. The summed E-state index contributed by atoms with van der Waals surface area (Å²) in [5, 5.41) is 10.6. The molecule has 7 heteroatoms. The van der Waals surface area contributed by atoms with Gasteiger partial charge in [-0.05, 0) is 23.6 Å². The van der Waals surface area contributed by atoms with Gasteiger partial charge in [0.15, 0.2) is 0 Å². The summed E-state index contributed by atoms with van der Waals surface area (Å²) < 4.78 is 39.0. The van der Waals surface area contributed by atoms with Crippen molar-refractivity contribution in [3.05, 3.63) is 45.5 Å². The summed E-state index contributed by atoms with van der Waals surface area (Å²) in [4.78, 5) is 20.8. The molecule has 2 rings (SSSR count). The van der Waals surface area contributed by atoms with E-state index in [1.54, 1.807) is 0 Å². The third-order valence-corrected chi connectivity index (χ3v) is 3.11. The minimum Gasteiger partial charge on any atom is -0.299 e. The Balaban J connectivity index is 2.53. The van der Waals surface area contributed by atoms with Gasteiger partial charge in [-0.15, -0.1) is 0 Å². The molecule has 20 heavy (non-hydrogen) atoms. The molecule has 1 aromatic rings. The van der Waals surface area contributed by atoms with Gasteiger partial charge in [0.1, 0.15) is 5.78 Å². The summed E-state index contributed by atoms with van der Waals surface area (Å²) in [6, 6.07) is 2.68. The second kappa shape index (κ2) is 5.07. The molecule has 0 atom stereocenters. The van der Waals surface area contributed by atoms with Crippen molar-refractivity contribution in [1.29, 1.82) is 0 Å². The topological polar surface area (TPSA) is 60.2 Å². The molecule has 0 fully saturated rings. The number of nitro benzene ring substituents is 1. The van der Waals surface area contributed by atoms with Crippen LogP contribution in [0.25, 0.3) is 5.57 Å². The Labute approximate surface area is 112 Å². The molecule has 0 saturated carbocycles. The van der Waals surface area contributed by atoms with Gasteiger partial charge in [-0.1, -0.05) is 6.08 Å². The number of carbonyl (C=O) groups is 1. The van der Waals surface area contributed by atoms with E-state index < -0.39 is 22.4 Å². The molecule has 0 heterocycles. The predicted molar refractivity (Wildman–Crippen MR) is 64.9 cm³/mol. The molecular weight excluding hydrogens is 275 g/mol. The van der Waals surface area contributed by atoms with Crippen LogP contribution in [0.5, 0.6) is 0 Å². The van der Waals surface area contributed by atoms with Crippen molar-refractivity contribution in [3.8, 4) is 0 Å². The van der Waals surface area contributed by atoms with Gasteiger partial charge < -0.3 is 0 Å². The van der Waals surface area contributed by atoms with Crippen LogP contribution in [0, 0.1) is 10.1 Å². The molecule has 1 aromatic carbocycles. The first kappa shape index (κ1) is 14.2. The lowest BCUT2D eigenvalue weighted by Crippen LogP contribution is -2.11. The number of nitrogens with zero attached hydrogens (tertiary/aromatic N) is 1. The largest absolute Gasteiger partial charge is 0.417 e. The highest BCUT2D eigenvalue weighted by Crippen LogP contribution is 2.39. The molecule has 0 bridgehead atoms. The smallest absolute Gasteiger partial charge is 0.299 e. The van der Waals surface area contributed by atoms with E-state index in [0.29, 0.717) is 11.6 Å². The lowest BCUT2D eigenvalue weighted by atomic mass is 9.90. The van der Waals surface area contributed by atoms with Crippen LogP contribution < -0.4 is 0 Å². The van der Waals surface area contributed by atoms with Gasteiger partial charge in [-0.25, -0.2) is 0 Å². The third-order valence-electron chi connectivity index (χ3n) is 3.11. The van der Waals surface area contributed by atoms with Gasteiger partial charge in [0.05, 0.1) is 10.5 Å². The number of non-ortho nitro benzene ring substituents is 1. The summed E-state index contributed by atoms with van der Waals surface area (Å²) in [7, 11) is 0. The van der Waals surface area contributed by atoms with Crippen molar-refractivity contribution in [2.75, 3.05) is 0 Å². The normalized spacial score (nSPS) is 15.9. The van der Waals surface area contributed by atoms with Crippen molar-refractivity contribution in [3.63, 3.8) is 0 Å². The number of hydrogen-bond acceptors (Lipinski definition) is 3. The number of allylic oxidation sites excluding steroid dienone is 2. The summed E-state index contributed by atoms with van der Waals surface area (Å²) in [6.07, 6.45) is -2.70. The zero-order valence-corrected chi connectivity index (χ0v) is 10.2. The van der Waals surface area contributed by atoms with Crippen LogP contribution >= 0.6 is 0 Å². The van der Waals surface area contributed by atoms with E-state index in [1.165, 1.54) is 6.08 Å². The lowest BCUT2D eigenvalue weighted by Gasteiger charge is -2.17. The first-order chi connectivity index (χ1) is 9.29. The van der Waals surface area contributed by atoms with Crippen LogP contribution in [0.15, 0.2) is 24.3 Å². The SMILES string of the molecule is O=C1CC=C(c2ccc([N+](=O)[O-])cc2C(F)(F)F)CC1. The van der Waals surface area contributed by atoms with Crippen molar-refractivity contribution >= 4 is 17.0 Å². The number of ketones is 1. The molecule has 0 spiro atoms. The van der Waals surface area contributed by atoms with E-state index in [2.05, 4.69) is 0 Å². The molecule has 0 amide bonds. The van der Waals surface area contributed by atoms with E-state index in [1.807, 2.05) is 0 Å². The summed E-state index contributed by atoms with van der Waals surface area (Å²) in [6.45, 7) is 0. The molecule has 0 N–H and O–H groups in total. The molecule has 0 unspecified atom stereocenters. The third kappa shape index (κ3) is 2.87. The fraction of sp³-hybridized carbons (Fsp3) is 0.308. The molecule has 1 aliphatic carbocycles. The Morgan fingerprint density at radius 1 is 1.20 bits per heavy atom. The van der Waals surface area contributed by atoms with Gasteiger partial charge >= 0.3 is 6.18 Å². The highest BCUT2D eigenvalue weighted by Gasteiger charge is 2.36. The van der Waals surface area contributed by atoms with Crippen LogP contribution in [-0.4, -0.2) is 10.7 Å². The number of hydrogen-bond donors (Lipinski definition) is 0. The molecule has 0 aromatic heterocycles. The minimum absolute atomic E-state index is 0.0239. The zero-order chi connectivity index (χ0) is 14.9. The highest BCUT2D eigenvalue weighted by molar-refractivity contribution is 5.87. The monoisotopic (exact) mass is 285 g/mol. The Hall–Kier alpha value is -2.18. The van der Waals surface area contributed by atoms with Crippen molar-refractivity contribution in [2.24, 2.45) is 0 Å². The second-order valence-corrected chi connectivity index (χ2v) is 4.46. The number of nitro groups is 1. The van der Waals surface area contributed by atoms with Crippen LogP contribution in [0.1, 0.15) is 30.4 Å². The Bertz CT molecular complexity index is 605. The number of benzene rings is 1. The van der Waals surface area contributed by atoms with Crippen LogP contribution in [0.3, 0.4) is 0 Å². The number of Topliss-reactive ketones (excluding diaryl/α,β-unsaturated/α-hetero) is 1. The number of carbonyl (C=O) groups excluding carboxylic acids is 1. The molecule has 106 valence electrons. The average Bonchev–Trinajstić information content (AvgIpc) is 2.38. The van der Waals surface area contributed by atoms with Crippen LogP contribution in [-0.2, 0) is 11.0 Å². The first-order valence-electron chi connectivity index (χ1n) is 5.86. The summed E-state index contributed by atoms with van der Waals surface area (Å²) >= 11 is 0. The summed E-state index contributed by atoms with van der Waals surface area (Å²) in [5.41, 5.74) is -1.32. The summed E-state index contributed by atoms with van der Waals surface area (Å²) in [5.74, 6) is -0.0239. The number of halogens is 3. The predicted octanol–water partition coefficient (Wildman–Crippen LogP) is 3.75. The molecule has 0 saturated heterocycles.